The van der Waals surface area contributed by atoms with Crippen molar-refractivity contribution in [3.8, 4) is 0 Å². The molecule has 1 aromatic heterocycles. The molecule has 0 spiro atoms. The van der Waals surface area contributed by atoms with Crippen molar-refractivity contribution in [1.82, 2.24) is 4.98 Å². The molecule has 0 amide bonds. The lowest BCUT2D eigenvalue weighted by atomic mass is 10.1. The predicted octanol–water partition coefficient (Wildman–Crippen LogP) is 4.13. The summed E-state index contributed by atoms with van der Waals surface area (Å²) in [6.07, 6.45) is 2.42. The van der Waals surface area contributed by atoms with Gasteiger partial charge >= 0.3 is 0 Å². The second-order valence-electron chi connectivity index (χ2n) is 4.23. The average Bonchev–Trinajstić information content (AvgIpc) is 2.61. The molecule has 0 atom stereocenters. The van der Waals surface area contributed by atoms with E-state index in [0.29, 0.717) is 0 Å². The van der Waals surface area contributed by atoms with Gasteiger partial charge in [0.2, 0.25) is 0 Å². The molecule has 0 fully saturated rings. The van der Waals surface area contributed by atoms with Crippen LogP contribution in [0.1, 0.15) is 30.9 Å². The summed E-state index contributed by atoms with van der Waals surface area (Å²) in [5, 5.41) is 4.44. The fourth-order valence-electron chi connectivity index (χ4n) is 1.82. The van der Waals surface area contributed by atoms with E-state index in [1.807, 2.05) is 0 Å². The molecule has 3 heteroatoms. The van der Waals surface area contributed by atoms with Crippen LogP contribution >= 0.6 is 11.3 Å². The van der Waals surface area contributed by atoms with E-state index in [-0.39, 0.29) is 0 Å². The standard InChI is InChI=1S/C13H18N2S/c1-4-5-6-14-13-15-12-10(3)7-9(2)8-11(12)16-13/h7-8H,4-6H2,1-3H3,(H,14,15). The third kappa shape index (κ3) is 2.35. The normalized spacial score (nSPS) is 10.9. The van der Waals surface area contributed by atoms with Crippen LogP contribution < -0.4 is 5.32 Å². The summed E-state index contributed by atoms with van der Waals surface area (Å²) in [7, 11) is 0. The highest BCUT2D eigenvalue weighted by Crippen LogP contribution is 2.29. The van der Waals surface area contributed by atoms with Gasteiger partial charge in [0.05, 0.1) is 10.2 Å². The summed E-state index contributed by atoms with van der Waals surface area (Å²) in [6, 6.07) is 4.41. The first-order valence-electron chi connectivity index (χ1n) is 5.82. The van der Waals surface area contributed by atoms with Crippen molar-refractivity contribution in [3.05, 3.63) is 23.3 Å². The first kappa shape index (κ1) is 11.4. The Morgan fingerprint density at radius 1 is 1.31 bits per heavy atom. The van der Waals surface area contributed by atoms with Gasteiger partial charge in [-0.1, -0.05) is 30.7 Å². The summed E-state index contributed by atoms with van der Waals surface area (Å²) < 4.78 is 1.29. The maximum Gasteiger partial charge on any atom is 0.183 e. The van der Waals surface area contributed by atoms with Crippen molar-refractivity contribution in [2.45, 2.75) is 33.6 Å². The topological polar surface area (TPSA) is 24.9 Å². The van der Waals surface area contributed by atoms with Crippen molar-refractivity contribution >= 4 is 26.7 Å². The molecule has 0 aliphatic heterocycles. The van der Waals surface area contributed by atoms with Crippen LogP contribution in [-0.4, -0.2) is 11.5 Å². The molecule has 2 aromatic rings. The van der Waals surface area contributed by atoms with E-state index in [4.69, 9.17) is 0 Å². The van der Waals surface area contributed by atoms with Crippen LogP contribution in [0.2, 0.25) is 0 Å². The molecule has 1 heterocycles. The molecule has 0 aliphatic rings. The zero-order chi connectivity index (χ0) is 11.5. The second-order valence-corrected chi connectivity index (χ2v) is 5.26. The van der Waals surface area contributed by atoms with Crippen molar-refractivity contribution < 1.29 is 0 Å². The van der Waals surface area contributed by atoms with Gasteiger partial charge in [0.25, 0.3) is 0 Å². The highest BCUT2D eigenvalue weighted by Gasteiger charge is 2.06. The molecule has 1 aromatic carbocycles. The van der Waals surface area contributed by atoms with Crippen LogP contribution in [0.4, 0.5) is 5.13 Å². The van der Waals surface area contributed by atoms with Gasteiger partial charge in [0.1, 0.15) is 0 Å². The fraction of sp³-hybridized carbons (Fsp3) is 0.462. The lowest BCUT2D eigenvalue weighted by Gasteiger charge is -1.98. The number of hydrogen-bond donors (Lipinski definition) is 1. The lowest BCUT2D eigenvalue weighted by molar-refractivity contribution is 0.833. The van der Waals surface area contributed by atoms with Crippen LogP contribution in [0.5, 0.6) is 0 Å². The van der Waals surface area contributed by atoms with E-state index in [1.54, 1.807) is 11.3 Å². The lowest BCUT2D eigenvalue weighted by Crippen LogP contribution is -1.99. The number of anilines is 1. The fourth-order valence-corrected chi connectivity index (χ4v) is 2.89. The van der Waals surface area contributed by atoms with E-state index in [0.717, 1.165) is 17.2 Å². The van der Waals surface area contributed by atoms with Crippen LogP contribution in [0.25, 0.3) is 10.2 Å². The van der Waals surface area contributed by atoms with Gasteiger partial charge in [0.15, 0.2) is 5.13 Å². The van der Waals surface area contributed by atoms with Crippen molar-refractivity contribution in [3.63, 3.8) is 0 Å². The van der Waals surface area contributed by atoms with Crippen molar-refractivity contribution in [2.24, 2.45) is 0 Å². The minimum absolute atomic E-state index is 1.02. The predicted molar refractivity (Wildman–Crippen MR) is 72.5 cm³/mol. The van der Waals surface area contributed by atoms with Gasteiger partial charge in [-0.2, -0.15) is 0 Å². The number of aromatic nitrogens is 1. The Bertz CT molecular complexity index is 488. The van der Waals surface area contributed by atoms with E-state index in [2.05, 4.69) is 43.2 Å². The number of benzene rings is 1. The summed E-state index contributed by atoms with van der Waals surface area (Å²) >= 11 is 1.75. The Kier molecular flexibility index (Phi) is 3.44. The summed E-state index contributed by atoms with van der Waals surface area (Å²) in [4.78, 5) is 4.63. The molecule has 0 aliphatic carbocycles. The quantitative estimate of drug-likeness (QED) is 0.805. The highest BCUT2D eigenvalue weighted by atomic mass is 32.1. The third-order valence-electron chi connectivity index (χ3n) is 2.64. The van der Waals surface area contributed by atoms with Crippen LogP contribution in [-0.2, 0) is 0 Å². The summed E-state index contributed by atoms with van der Waals surface area (Å²) in [5.41, 5.74) is 3.73. The molecule has 2 rings (SSSR count). The third-order valence-corrected chi connectivity index (χ3v) is 3.60. The largest absolute Gasteiger partial charge is 0.361 e. The highest BCUT2D eigenvalue weighted by molar-refractivity contribution is 7.22. The van der Waals surface area contributed by atoms with Gasteiger partial charge in [-0.25, -0.2) is 4.98 Å². The molecule has 0 unspecified atom stereocenters. The van der Waals surface area contributed by atoms with Gasteiger partial charge in [-0.15, -0.1) is 0 Å². The maximum absolute atomic E-state index is 4.63. The molecule has 0 bridgehead atoms. The van der Waals surface area contributed by atoms with Gasteiger partial charge in [0, 0.05) is 6.54 Å². The minimum atomic E-state index is 1.02. The number of hydrogen-bond acceptors (Lipinski definition) is 3. The number of aryl methyl sites for hydroxylation is 2. The first-order valence-corrected chi connectivity index (χ1v) is 6.64. The van der Waals surface area contributed by atoms with Crippen LogP contribution in [0.15, 0.2) is 12.1 Å². The Balaban J connectivity index is 2.26. The number of unbranched alkanes of at least 4 members (excludes halogenated alkanes) is 1. The number of fused-ring (bicyclic) bond motifs is 1. The molecule has 2 nitrogen and oxygen atoms in total. The first-order chi connectivity index (χ1) is 7.70. The number of thiazole rings is 1. The minimum Gasteiger partial charge on any atom is -0.361 e. The van der Waals surface area contributed by atoms with Gasteiger partial charge < -0.3 is 5.32 Å². The van der Waals surface area contributed by atoms with E-state index in [1.165, 1.54) is 28.7 Å². The average molecular weight is 234 g/mol. The molecule has 0 saturated heterocycles. The Morgan fingerprint density at radius 2 is 2.12 bits per heavy atom. The molecule has 1 N–H and O–H groups in total. The molecule has 16 heavy (non-hydrogen) atoms. The zero-order valence-electron chi connectivity index (χ0n) is 10.1. The molecular formula is C13H18N2S. The number of nitrogens with one attached hydrogen (secondary N) is 1. The van der Waals surface area contributed by atoms with Crippen molar-refractivity contribution in [1.29, 1.82) is 0 Å². The summed E-state index contributed by atoms with van der Waals surface area (Å²) in [6.45, 7) is 7.49. The van der Waals surface area contributed by atoms with Crippen LogP contribution in [0.3, 0.4) is 0 Å². The monoisotopic (exact) mass is 234 g/mol. The summed E-state index contributed by atoms with van der Waals surface area (Å²) in [5.74, 6) is 0. The number of nitrogens with zero attached hydrogens (tertiary/aromatic N) is 1. The van der Waals surface area contributed by atoms with Crippen molar-refractivity contribution in [2.75, 3.05) is 11.9 Å². The number of rotatable bonds is 4. The van der Waals surface area contributed by atoms with E-state index in [9.17, 15) is 0 Å². The zero-order valence-corrected chi connectivity index (χ0v) is 10.9. The van der Waals surface area contributed by atoms with Crippen LogP contribution in [0, 0.1) is 13.8 Å². The Hall–Kier alpha value is -1.09. The Labute approximate surface area is 101 Å². The smallest absolute Gasteiger partial charge is 0.183 e. The second kappa shape index (κ2) is 4.83. The van der Waals surface area contributed by atoms with Gasteiger partial charge in [-0.3, -0.25) is 0 Å². The van der Waals surface area contributed by atoms with Gasteiger partial charge in [-0.05, 0) is 37.5 Å². The van der Waals surface area contributed by atoms with E-state index < -0.39 is 0 Å². The maximum atomic E-state index is 4.63. The Morgan fingerprint density at radius 3 is 2.88 bits per heavy atom. The van der Waals surface area contributed by atoms with E-state index >= 15 is 0 Å². The SMILES string of the molecule is CCCCNc1nc2c(C)cc(C)cc2s1. The molecule has 0 saturated carbocycles. The molecular weight excluding hydrogens is 216 g/mol. The molecule has 0 radical (unpaired) electrons. The molecule has 86 valence electrons.